The van der Waals surface area contributed by atoms with E-state index in [1.165, 1.54) is 0 Å². The van der Waals surface area contributed by atoms with Gasteiger partial charge < -0.3 is 15.0 Å². The Labute approximate surface area is 176 Å². The van der Waals surface area contributed by atoms with Gasteiger partial charge in [-0.3, -0.25) is 4.79 Å². The number of hydrogen-bond donors (Lipinski definition) is 1. The van der Waals surface area contributed by atoms with E-state index in [9.17, 15) is 4.79 Å². The topological polar surface area (TPSA) is 45.9 Å². The first-order chi connectivity index (χ1) is 14.0. The summed E-state index contributed by atoms with van der Waals surface area (Å²) in [5.41, 5.74) is 3.34. The minimum absolute atomic E-state index is 0.0253. The summed E-state index contributed by atoms with van der Waals surface area (Å²) >= 11 is 6.25. The number of nitrogens with zero attached hydrogens (tertiary/aromatic N) is 2. The summed E-state index contributed by atoms with van der Waals surface area (Å²) in [5, 5.41) is 3.66. The molecule has 1 aliphatic carbocycles. The summed E-state index contributed by atoms with van der Waals surface area (Å²) in [4.78, 5) is 18.3. The molecule has 1 saturated heterocycles. The molecule has 1 heterocycles. The molecule has 1 aliphatic heterocycles. The zero-order valence-corrected chi connectivity index (χ0v) is 17.2. The number of ether oxygens (including phenoxy) is 1. The number of fused-ring (bicyclic) bond motifs is 1. The highest BCUT2D eigenvalue weighted by atomic mass is 35.5. The van der Waals surface area contributed by atoms with E-state index in [2.05, 4.69) is 15.1 Å². The third-order valence-electron chi connectivity index (χ3n) is 5.85. The predicted octanol–water partition coefficient (Wildman–Crippen LogP) is 4.76. The Hall–Kier alpha value is -2.55. The van der Waals surface area contributed by atoms with Crippen LogP contribution in [0.1, 0.15) is 35.2 Å². The van der Waals surface area contributed by atoms with E-state index < -0.39 is 0 Å². The Morgan fingerprint density at radius 1 is 1.24 bits per heavy atom. The molecule has 2 aliphatic rings. The number of benzene rings is 2. The van der Waals surface area contributed by atoms with Crippen molar-refractivity contribution in [3.8, 4) is 0 Å². The molecule has 5 nitrogen and oxygen atoms in total. The van der Waals surface area contributed by atoms with Crippen LogP contribution in [0, 0.1) is 13.5 Å². The van der Waals surface area contributed by atoms with Crippen LogP contribution in [0.3, 0.4) is 0 Å². The van der Waals surface area contributed by atoms with Crippen LogP contribution in [-0.4, -0.2) is 37.2 Å². The Morgan fingerprint density at radius 3 is 2.76 bits per heavy atom. The van der Waals surface area contributed by atoms with Crippen LogP contribution in [0.15, 0.2) is 42.5 Å². The number of aryl methyl sites for hydroxylation is 1. The SMILES string of the molecule is [C-]#[N+]c1ccc(N2CCO[C@H]3C[C@H](NC(=O)c4ccc(C)cc4)CC[C@H]32)cc1Cl. The lowest BCUT2D eigenvalue weighted by molar-refractivity contribution is -0.0161. The van der Waals surface area contributed by atoms with Crippen LogP contribution in [0.25, 0.3) is 4.85 Å². The van der Waals surface area contributed by atoms with Crippen LogP contribution in [0.2, 0.25) is 5.02 Å². The fourth-order valence-corrected chi connectivity index (χ4v) is 4.52. The molecule has 3 atom stereocenters. The van der Waals surface area contributed by atoms with E-state index >= 15 is 0 Å². The molecule has 0 spiro atoms. The fourth-order valence-electron chi connectivity index (χ4n) is 4.31. The molecule has 29 heavy (non-hydrogen) atoms. The second-order valence-corrected chi connectivity index (χ2v) is 8.17. The third kappa shape index (κ3) is 4.24. The fraction of sp³-hybridized carbons (Fsp3) is 0.391. The van der Waals surface area contributed by atoms with Crippen LogP contribution >= 0.6 is 11.6 Å². The molecule has 2 aromatic carbocycles. The van der Waals surface area contributed by atoms with E-state index in [4.69, 9.17) is 22.9 Å². The van der Waals surface area contributed by atoms with Gasteiger partial charge in [-0.1, -0.05) is 35.4 Å². The Bertz CT molecular complexity index is 938. The number of anilines is 1. The quantitative estimate of drug-likeness (QED) is 0.743. The summed E-state index contributed by atoms with van der Waals surface area (Å²) in [6.45, 7) is 10.6. The lowest BCUT2D eigenvalue weighted by Gasteiger charge is -2.47. The summed E-state index contributed by atoms with van der Waals surface area (Å²) in [7, 11) is 0. The molecule has 1 saturated carbocycles. The Balaban J connectivity index is 1.42. The molecule has 0 unspecified atom stereocenters. The van der Waals surface area contributed by atoms with Gasteiger partial charge in [-0.15, -0.1) is 0 Å². The first kappa shape index (κ1) is 19.8. The van der Waals surface area contributed by atoms with Gasteiger partial charge >= 0.3 is 0 Å². The van der Waals surface area contributed by atoms with E-state index in [0.29, 0.717) is 22.9 Å². The first-order valence-corrected chi connectivity index (χ1v) is 10.4. The third-order valence-corrected chi connectivity index (χ3v) is 6.16. The van der Waals surface area contributed by atoms with Gasteiger partial charge in [0.2, 0.25) is 5.69 Å². The lowest BCUT2D eigenvalue weighted by Crippen LogP contribution is -2.57. The Morgan fingerprint density at radius 2 is 2.03 bits per heavy atom. The molecule has 0 aromatic heterocycles. The van der Waals surface area contributed by atoms with Gasteiger partial charge in [0.05, 0.1) is 25.3 Å². The van der Waals surface area contributed by atoms with E-state index in [1.807, 2.05) is 43.3 Å². The van der Waals surface area contributed by atoms with Crippen molar-refractivity contribution in [1.82, 2.24) is 5.32 Å². The second kappa shape index (κ2) is 8.44. The molecule has 2 aromatic rings. The first-order valence-electron chi connectivity index (χ1n) is 9.98. The number of halogens is 1. The number of hydrogen-bond acceptors (Lipinski definition) is 3. The summed E-state index contributed by atoms with van der Waals surface area (Å²) in [5.74, 6) is -0.0253. The smallest absolute Gasteiger partial charge is 0.251 e. The highest BCUT2D eigenvalue weighted by molar-refractivity contribution is 6.33. The normalized spacial score (nSPS) is 23.8. The Kier molecular flexibility index (Phi) is 5.75. The number of carbonyl (C=O) groups is 1. The summed E-state index contributed by atoms with van der Waals surface area (Å²) in [6.07, 6.45) is 2.71. The van der Waals surface area contributed by atoms with Crippen LogP contribution in [-0.2, 0) is 4.74 Å². The highest BCUT2D eigenvalue weighted by Gasteiger charge is 2.38. The molecule has 0 bridgehead atoms. The highest BCUT2D eigenvalue weighted by Crippen LogP contribution is 2.35. The minimum atomic E-state index is -0.0253. The average Bonchev–Trinajstić information content (AvgIpc) is 2.73. The molecular weight excluding hydrogens is 386 g/mol. The molecule has 2 fully saturated rings. The maximum absolute atomic E-state index is 12.6. The van der Waals surface area contributed by atoms with Crippen molar-refractivity contribution in [2.45, 2.75) is 44.4 Å². The maximum atomic E-state index is 12.6. The molecule has 1 N–H and O–H groups in total. The molecule has 150 valence electrons. The van der Waals surface area contributed by atoms with Crippen molar-refractivity contribution in [2.75, 3.05) is 18.1 Å². The van der Waals surface area contributed by atoms with Crippen molar-refractivity contribution < 1.29 is 9.53 Å². The van der Waals surface area contributed by atoms with E-state index in [-0.39, 0.29) is 24.1 Å². The number of amides is 1. The van der Waals surface area contributed by atoms with Crippen molar-refractivity contribution in [3.63, 3.8) is 0 Å². The van der Waals surface area contributed by atoms with Gasteiger partial charge in [0.1, 0.15) is 0 Å². The molecule has 4 rings (SSSR count). The van der Waals surface area contributed by atoms with Gasteiger partial charge in [0, 0.05) is 28.9 Å². The second-order valence-electron chi connectivity index (χ2n) is 7.77. The van der Waals surface area contributed by atoms with Crippen LogP contribution in [0.5, 0.6) is 0 Å². The van der Waals surface area contributed by atoms with Crippen molar-refractivity contribution in [3.05, 3.63) is 70.0 Å². The maximum Gasteiger partial charge on any atom is 0.251 e. The van der Waals surface area contributed by atoms with Gasteiger partial charge in [-0.2, -0.15) is 0 Å². The largest absolute Gasteiger partial charge is 0.374 e. The summed E-state index contributed by atoms with van der Waals surface area (Å²) in [6, 6.07) is 13.6. The minimum Gasteiger partial charge on any atom is -0.374 e. The number of nitrogens with one attached hydrogen (secondary N) is 1. The van der Waals surface area contributed by atoms with Crippen LogP contribution < -0.4 is 10.2 Å². The molecule has 0 radical (unpaired) electrons. The van der Waals surface area contributed by atoms with Gasteiger partial charge in [0.15, 0.2) is 0 Å². The predicted molar refractivity (Wildman–Crippen MR) is 115 cm³/mol. The van der Waals surface area contributed by atoms with Crippen LogP contribution in [0.4, 0.5) is 11.4 Å². The number of rotatable bonds is 3. The zero-order valence-electron chi connectivity index (χ0n) is 16.4. The van der Waals surface area contributed by atoms with E-state index in [1.54, 1.807) is 6.07 Å². The van der Waals surface area contributed by atoms with Gasteiger partial charge in [-0.05, 0) is 50.5 Å². The zero-order chi connectivity index (χ0) is 20.4. The molecular formula is C23H24ClN3O2. The number of carbonyl (C=O) groups excluding carboxylic acids is 1. The van der Waals surface area contributed by atoms with Crippen molar-refractivity contribution in [1.29, 1.82) is 0 Å². The molecule has 6 heteroatoms. The van der Waals surface area contributed by atoms with E-state index in [0.717, 1.165) is 37.1 Å². The van der Waals surface area contributed by atoms with Crippen molar-refractivity contribution >= 4 is 28.9 Å². The lowest BCUT2D eigenvalue weighted by atomic mass is 9.86. The average molecular weight is 410 g/mol. The number of morpholine rings is 1. The van der Waals surface area contributed by atoms with Crippen molar-refractivity contribution in [2.24, 2.45) is 0 Å². The summed E-state index contributed by atoms with van der Waals surface area (Å²) < 4.78 is 6.07. The monoisotopic (exact) mass is 409 g/mol. The van der Waals surface area contributed by atoms with Gasteiger partial charge in [-0.25, -0.2) is 4.85 Å². The molecule has 1 amide bonds. The standard InChI is InChI=1S/C23H24ClN3O2/c1-15-3-5-16(6-4-15)23(28)26-17-7-10-21-22(13-17)29-12-11-27(21)18-8-9-20(25-2)19(24)14-18/h3-6,8-9,14,17,21-22H,7,10-13H2,1H3,(H,26,28)/t17-,21-,22+/m1/s1. The van der Waals surface area contributed by atoms with Gasteiger partial charge in [0.25, 0.3) is 5.91 Å².